The summed E-state index contributed by atoms with van der Waals surface area (Å²) in [7, 11) is 3.94. The molecular formula is C22H26FN3O. The number of halogens is 1. The van der Waals surface area contributed by atoms with Crippen molar-refractivity contribution in [2.75, 3.05) is 27.2 Å². The lowest BCUT2D eigenvalue weighted by atomic mass is 10.1. The van der Waals surface area contributed by atoms with Crippen LogP contribution in [-0.4, -0.2) is 47.9 Å². The van der Waals surface area contributed by atoms with Crippen molar-refractivity contribution in [3.05, 3.63) is 71.2 Å². The number of aryl methyl sites for hydroxylation is 1. The van der Waals surface area contributed by atoms with E-state index >= 15 is 0 Å². The maximum absolute atomic E-state index is 14.1. The third-order valence-corrected chi connectivity index (χ3v) is 4.84. The van der Waals surface area contributed by atoms with Gasteiger partial charge in [-0.3, -0.25) is 4.79 Å². The Balaban J connectivity index is 1.83. The molecule has 142 valence electrons. The van der Waals surface area contributed by atoms with E-state index < -0.39 is 0 Å². The zero-order valence-corrected chi connectivity index (χ0v) is 16.1. The first kappa shape index (κ1) is 19.1. The molecule has 0 saturated heterocycles. The molecule has 4 nitrogen and oxygen atoms in total. The van der Waals surface area contributed by atoms with E-state index in [1.807, 2.05) is 50.2 Å². The Kier molecular flexibility index (Phi) is 5.91. The van der Waals surface area contributed by atoms with Gasteiger partial charge in [0, 0.05) is 41.8 Å². The van der Waals surface area contributed by atoms with Gasteiger partial charge in [-0.05, 0) is 38.7 Å². The highest BCUT2D eigenvalue weighted by Crippen LogP contribution is 2.23. The first-order chi connectivity index (χ1) is 13.0. The zero-order valence-electron chi connectivity index (χ0n) is 16.1. The molecule has 2 aromatic carbocycles. The second-order valence-electron chi connectivity index (χ2n) is 7.16. The second kappa shape index (κ2) is 8.35. The van der Waals surface area contributed by atoms with Crippen molar-refractivity contribution < 1.29 is 9.18 Å². The quantitative estimate of drug-likeness (QED) is 0.691. The molecule has 0 fully saturated rings. The monoisotopic (exact) mass is 367 g/mol. The maximum atomic E-state index is 14.1. The number of rotatable bonds is 7. The summed E-state index contributed by atoms with van der Waals surface area (Å²) < 4.78 is 14.1. The highest BCUT2D eigenvalue weighted by Gasteiger charge is 2.19. The summed E-state index contributed by atoms with van der Waals surface area (Å²) in [5, 5.41) is 1.07. The molecule has 27 heavy (non-hydrogen) atoms. The molecular weight excluding hydrogens is 341 g/mol. The average molecular weight is 367 g/mol. The molecule has 0 aliphatic carbocycles. The topological polar surface area (TPSA) is 39.3 Å². The van der Waals surface area contributed by atoms with Crippen LogP contribution in [0.3, 0.4) is 0 Å². The zero-order chi connectivity index (χ0) is 19.4. The normalized spacial score (nSPS) is 11.3. The highest BCUT2D eigenvalue weighted by molar-refractivity contribution is 5.90. The van der Waals surface area contributed by atoms with Gasteiger partial charge in [0.15, 0.2) is 0 Å². The fourth-order valence-corrected chi connectivity index (χ4v) is 3.27. The van der Waals surface area contributed by atoms with Gasteiger partial charge in [-0.2, -0.15) is 0 Å². The lowest BCUT2D eigenvalue weighted by molar-refractivity contribution is -0.131. The number of nitrogens with zero attached hydrogens (tertiary/aromatic N) is 2. The summed E-state index contributed by atoms with van der Waals surface area (Å²) in [6.07, 6.45) is 0.303. The summed E-state index contributed by atoms with van der Waals surface area (Å²) >= 11 is 0. The van der Waals surface area contributed by atoms with Gasteiger partial charge in [0.25, 0.3) is 0 Å². The molecule has 3 aromatic rings. The second-order valence-corrected chi connectivity index (χ2v) is 7.16. The summed E-state index contributed by atoms with van der Waals surface area (Å²) in [6.45, 7) is 3.55. The van der Waals surface area contributed by atoms with E-state index in [1.165, 1.54) is 6.07 Å². The minimum Gasteiger partial charge on any atom is -0.358 e. The molecule has 1 heterocycles. The number of hydrogen-bond donors (Lipinski definition) is 1. The third-order valence-electron chi connectivity index (χ3n) is 4.84. The lowest BCUT2D eigenvalue weighted by Crippen LogP contribution is -2.37. The van der Waals surface area contributed by atoms with E-state index in [9.17, 15) is 9.18 Å². The molecule has 0 radical (unpaired) electrons. The molecule has 1 N–H and O–H groups in total. The number of hydrogen-bond acceptors (Lipinski definition) is 2. The summed E-state index contributed by atoms with van der Waals surface area (Å²) in [6, 6.07) is 14.6. The number of H-pyrrole nitrogens is 1. The Labute approximate surface area is 159 Å². The highest BCUT2D eigenvalue weighted by atomic mass is 19.1. The van der Waals surface area contributed by atoms with Crippen LogP contribution in [0.25, 0.3) is 10.9 Å². The minimum atomic E-state index is -0.275. The molecule has 0 atom stereocenters. The van der Waals surface area contributed by atoms with E-state index in [2.05, 4.69) is 4.98 Å². The van der Waals surface area contributed by atoms with Gasteiger partial charge in [-0.25, -0.2) is 4.39 Å². The van der Waals surface area contributed by atoms with Crippen LogP contribution in [0.2, 0.25) is 0 Å². The Morgan fingerprint density at radius 2 is 1.74 bits per heavy atom. The number of amides is 1. The summed E-state index contributed by atoms with van der Waals surface area (Å²) in [5.74, 6) is -0.267. The van der Waals surface area contributed by atoms with Crippen LogP contribution in [0, 0.1) is 12.7 Å². The molecule has 0 spiro atoms. The van der Waals surface area contributed by atoms with Crippen LogP contribution >= 0.6 is 0 Å². The summed E-state index contributed by atoms with van der Waals surface area (Å²) in [4.78, 5) is 20.2. The van der Waals surface area contributed by atoms with E-state index in [-0.39, 0.29) is 18.3 Å². The van der Waals surface area contributed by atoms with Crippen LogP contribution in [-0.2, 0) is 17.8 Å². The molecule has 1 aromatic heterocycles. The molecule has 5 heteroatoms. The number of carbonyl (C=O) groups excluding carboxylic acids is 1. The number of benzene rings is 2. The van der Waals surface area contributed by atoms with Crippen molar-refractivity contribution in [3.63, 3.8) is 0 Å². The van der Waals surface area contributed by atoms with Crippen molar-refractivity contribution in [1.29, 1.82) is 0 Å². The van der Waals surface area contributed by atoms with Crippen molar-refractivity contribution >= 4 is 16.8 Å². The third kappa shape index (κ3) is 4.55. The average Bonchev–Trinajstić information content (AvgIpc) is 2.95. The van der Waals surface area contributed by atoms with Crippen molar-refractivity contribution in [2.24, 2.45) is 0 Å². The molecule has 0 bridgehead atoms. The van der Waals surface area contributed by atoms with Gasteiger partial charge in [-0.15, -0.1) is 0 Å². The van der Waals surface area contributed by atoms with E-state index in [0.29, 0.717) is 18.5 Å². The Hall–Kier alpha value is -2.66. The van der Waals surface area contributed by atoms with E-state index in [0.717, 1.165) is 28.7 Å². The number of fused-ring (bicyclic) bond motifs is 1. The van der Waals surface area contributed by atoms with Crippen LogP contribution in [0.1, 0.15) is 16.8 Å². The number of carbonyl (C=O) groups is 1. The first-order valence-corrected chi connectivity index (χ1v) is 9.18. The molecule has 0 aliphatic rings. The van der Waals surface area contributed by atoms with Crippen molar-refractivity contribution in [1.82, 2.24) is 14.8 Å². The number of para-hydroxylation sites is 1. The number of aromatic amines is 1. The number of aromatic nitrogens is 1. The summed E-state index contributed by atoms with van der Waals surface area (Å²) in [5.41, 5.74) is 3.59. The SMILES string of the molecule is Cc1[nH]c2ccccc2c1CC(=O)N(CCN(C)C)Cc1ccccc1F. The molecule has 0 aliphatic heterocycles. The standard InChI is InChI=1S/C22H26FN3O/c1-16-19(18-9-5-7-11-21(18)24-16)14-22(27)26(13-12-25(2)3)15-17-8-4-6-10-20(17)23/h4-11,24H,12-15H2,1-3H3. The first-order valence-electron chi connectivity index (χ1n) is 9.18. The molecule has 0 saturated carbocycles. The largest absolute Gasteiger partial charge is 0.358 e. The van der Waals surface area contributed by atoms with E-state index in [1.54, 1.807) is 23.1 Å². The van der Waals surface area contributed by atoms with E-state index in [4.69, 9.17) is 0 Å². The van der Waals surface area contributed by atoms with Gasteiger partial charge < -0.3 is 14.8 Å². The van der Waals surface area contributed by atoms with Crippen LogP contribution < -0.4 is 0 Å². The maximum Gasteiger partial charge on any atom is 0.227 e. The van der Waals surface area contributed by atoms with Crippen LogP contribution in [0.5, 0.6) is 0 Å². The minimum absolute atomic E-state index is 0.00737. The van der Waals surface area contributed by atoms with Crippen molar-refractivity contribution in [3.8, 4) is 0 Å². The van der Waals surface area contributed by atoms with Gasteiger partial charge in [0.2, 0.25) is 5.91 Å². The fraction of sp³-hybridized carbons (Fsp3) is 0.318. The smallest absolute Gasteiger partial charge is 0.227 e. The van der Waals surface area contributed by atoms with Gasteiger partial charge >= 0.3 is 0 Å². The van der Waals surface area contributed by atoms with Crippen molar-refractivity contribution in [2.45, 2.75) is 19.9 Å². The molecule has 0 unspecified atom stereocenters. The van der Waals surface area contributed by atoms with Gasteiger partial charge in [-0.1, -0.05) is 36.4 Å². The molecule has 1 amide bonds. The Bertz CT molecular complexity index is 932. The number of nitrogens with one attached hydrogen (secondary N) is 1. The number of likely N-dealkylation sites (N-methyl/N-ethyl adjacent to an activating group) is 1. The lowest BCUT2D eigenvalue weighted by Gasteiger charge is -2.25. The fourth-order valence-electron chi connectivity index (χ4n) is 3.27. The van der Waals surface area contributed by atoms with Gasteiger partial charge in [0.05, 0.1) is 6.42 Å². The molecule has 3 rings (SSSR count). The van der Waals surface area contributed by atoms with Crippen LogP contribution in [0.4, 0.5) is 4.39 Å². The van der Waals surface area contributed by atoms with Gasteiger partial charge in [0.1, 0.15) is 5.82 Å². The predicted molar refractivity (Wildman–Crippen MR) is 107 cm³/mol. The Morgan fingerprint density at radius 3 is 2.48 bits per heavy atom. The predicted octanol–water partition coefficient (Wildman–Crippen LogP) is 3.75. The van der Waals surface area contributed by atoms with Crippen LogP contribution in [0.15, 0.2) is 48.5 Å². The Morgan fingerprint density at radius 1 is 1.04 bits per heavy atom.